The van der Waals surface area contributed by atoms with Crippen LogP contribution in [0.3, 0.4) is 0 Å². The Morgan fingerprint density at radius 3 is 2.58 bits per heavy atom. The van der Waals surface area contributed by atoms with E-state index in [4.69, 9.17) is 4.74 Å². The second-order valence-corrected chi connectivity index (χ2v) is 5.80. The third-order valence-corrected chi connectivity index (χ3v) is 3.96. The molecule has 0 heterocycles. The quantitative estimate of drug-likeness (QED) is 0.708. The summed E-state index contributed by atoms with van der Waals surface area (Å²) in [6.07, 6.45) is -0.464. The number of para-hydroxylation sites is 1. The van der Waals surface area contributed by atoms with Gasteiger partial charge in [0.1, 0.15) is 6.61 Å². The van der Waals surface area contributed by atoms with Crippen molar-refractivity contribution in [3.05, 3.63) is 62.1 Å². The van der Waals surface area contributed by atoms with Gasteiger partial charge in [-0.25, -0.2) is 4.79 Å². The number of hydrogen-bond donors (Lipinski definition) is 1. The molecule has 0 aliphatic rings. The number of carbonyl (C=O) groups excluding carboxylic acids is 1. The lowest BCUT2D eigenvalue weighted by Crippen LogP contribution is -2.14. The third-order valence-electron chi connectivity index (χ3n) is 2.40. The van der Waals surface area contributed by atoms with Crippen molar-refractivity contribution >= 4 is 50.3 Å². The topological polar surface area (TPSA) is 38.3 Å². The minimum absolute atomic E-state index is 0.258. The molecule has 3 nitrogen and oxygen atoms in total. The van der Waals surface area contributed by atoms with Crippen molar-refractivity contribution in [2.45, 2.75) is 6.61 Å². The van der Waals surface area contributed by atoms with Crippen LogP contribution in [0.1, 0.15) is 5.56 Å². The summed E-state index contributed by atoms with van der Waals surface area (Å²) in [5, 5.41) is 2.73. The van der Waals surface area contributed by atoms with E-state index in [0.29, 0.717) is 0 Å². The molecule has 0 atom stereocenters. The highest BCUT2D eigenvalue weighted by Crippen LogP contribution is 2.27. The molecular formula is C14H11BrINO2. The summed E-state index contributed by atoms with van der Waals surface area (Å²) in [5.41, 5.74) is 1.68. The molecule has 1 amide bonds. The van der Waals surface area contributed by atoms with E-state index in [1.54, 1.807) is 0 Å². The van der Waals surface area contributed by atoms with E-state index in [2.05, 4.69) is 43.8 Å². The van der Waals surface area contributed by atoms with Crippen LogP contribution in [0.5, 0.6) is 0 Å². The fourth-order valence-electron chi connectivity index (χ4n) is 1.48. The second-order valence-electron chi connectivity index (χ2n) is 3.78. The number of nitrogens with one attached hydrogen (secondary N) is 1. The Morgan fingerprint density at radius 1 is 1.16 bits per heavy atom. The van der Waals surface area contributed by atoms with Crippen LogP contribution < -0.4 is 5.32 Å². The SMILES string of the molecule is O=C(Nc1c(Br)cccc1I)OCc1ccccc1. The second kappa shape index (κ2) is 6.91. The van der Waals surface area contributed by atoms with Crippen LogP contribution in [0.25, 0.3) is 0 Å². The highest BCUT2D eigenvalue weighted by molar-refractivity contribution is 14.1. The van der Waals surface area contributed by atoms with Crippen LogP contribution in [0.4, 0.5) is 10.5 Å². The van der Waals surface area contributed by atoms with Gasteiger partial charge >= 0.3 is 6.09 Å². The van der Waals surface area contributed by atoms with Crippen LogP contribution in [0.15, 0.2) is 53.0 Å². The molecule has 0 spiro atoms. The highest BCUT2D eigenvalue weighted by Gasteiger charge is 2.09. The van der Waals surface area contributed by atoms with Gasteiger partial charge in [-0.15, -0.1) is 0 Å². The van der Waals surface area contributed by atoms with E-state index in [-0.39, 0.29) is 6.61 Å². The van der Waals surface area contributed by atoms with Gasteiger partial charge in [0, 0.05) is 8.04 Å². The fraction of sp³-hybridized carbons (Fsp3) is 0.0714. The molecule has 0 bridgehead atoms. The lowest BCUT2D eigenvalue weighted by Gasteiger charge is -2.10. The number of anilines is 1. The van der Waals surface area contributed by atoms with E-state index in [0.717, 1.165) is 19.3 Å². The molecule has 2 rings (SSSR count). The monoisotopic (exact) mass is 431 g/mol. The summed E-state index contributed by atoms with van der Waals surface area (Å²) < 4.78 is 6.95. The summed E-state index contributed by atoms with van der Waals surface area (Å²) in [6.45, 7) is 0.258. The van der Waals surface area contributed by atoms with Crippen molar-refractivity contribution in [1.29, 1.82) is 0 Å². The summed E-state index contributed by atoms with van der Waals surface area (Å²) in [6, 6.07) is 15.3. The fourth-order valence-corrected chi connectivity index (χ4v) is 2.95. The third kappa shape index (κ3) is 4.21. The molecule has 0 unspecified atom stereocenters. The summed E-state index contributed by atoms with van der Waals surface area (Å²) in [5.74, 6) is 0. The number of carbonyl (C=O) groups is 1. The lowest BCUT2D eigenvalue weighted by molar-refractivity contribution is 0.155. The molecule has 19 heavy (non-hydrogen) atoms. The first-order valence-corrected chi connectivity index (χ1v) is 7.45. The Bertz CT molecular complexity index is 555. The summed E-state index contributed by atoms with van der Waals surface area (Å²) in [4.78, 5) is 11.7. The average Bonchev–Trinajstić information content (AvgIpc) is 2.42. The molecule has 0 fully saturated rings. The first kappa shape index (κ1) is 14.3. The zero-order valence-corrected chi connectivity index (χ0v) is 13.6. The van der Waals surface area contributed by atoms with Crippen LogP contribution in [-0.4, -0.2) is 6.09 Å². The lowest BCUT2D eigenvalue weighted by atomic mass is 10.2. The van der Waals surface area contributed by atoms with E-state index in [1.165, 1.54) is 0 Å². The maximum Gasteiger partial charge on any atom is 0.412 e. The number of benzene rings is 2. The molecule has 0 saturated carbocycles. The molecule has 5 heteroatoms. The van der Waals surface area contributed by atoms with Crippen molar-refractivity contribution in [2.75, 3.05) is 5.32 Å². The normalized spacial score (nSPS) is 10.0. The first-order valence-electron chi connectivity index (χ1n) is 5.58. The number of ether oxygens (including phenoxy) is 1. The Kier molecular flexibility index (Phi) is 5.21. The van der Waals surface area contributed by atoms with E-state index < -0.39 is 6.09 Å². The minimum atomic E-state index is -0.464. The average molecular weight is 432 g/mol. The van der Waals surface area contributed by atoms with Gasteiger partial charge in [0.05, 0.1) is 5.69 Å². The largest absolute Gasteiger partial charge is 0.444 e. The van der Waals surface area contributed by atoms with Crippen molar-refractivity contribution in [3.8, 4) is 0 Å². The number of rotatable bonds is 3. The summed E-state index contributed by atoms with van der Waals surface area (Å²) in [7, 11) is 0. The molecule has 2 aromatic carbocycles. The van der Waals surface area contributed by atoms with Gasteiger partial charge in [0.25, 0.3) is 0 Å². The van der Waals surface area contributed by atoms with Gasteiger partial charge in [-0.05, 0) is 56.2 Å². The van der Waals surface area contributed by atoms with E-state index >= 15 is 0 Å². The minimum Gasteiger partial charge on any atom is -0.444 e. The Balaban J connectivity index is 1.95. The Labute approximate surface area is 133 Å². The van der Waals surface area contributed by atoms with Crippen LogP contribution >= 0.6 is 38.5 Å². The van der Waals surface area contributed by atoms with E-state index in [1.807, 2.05) is 48.5 Å². The molecular weight excluding hydrogens is 421 g/mol. The molecule has 0 aliphatic heterocycles. The number of halogens is 2. The first-order chi connectivity index (χ1) is 9.16. The van der Waals surface area contributed by atoms with Gasteiger partial charge in [-0.2, -0.15) is 0 Å². The molecule has 0 saturated heterocycles. The zero-order valence-electron chi connectivity index (χ0n) is 9.90. The summed E-state index contributed by atoms with van der Waals surface area (Å²) >= 11 is 5.56. The Morgan fingerprint density at radius 2 is 1.89 bits per heavy atom. The molecule has 0 aliphatic carbocycles. The van der Waals surface area contributed by atoms with Crippen molar-refractivity contribution < 1.29 is 9.53 Å². The smallest absolute Gasteiger partial charge is 0.412 e. The van der Waals surface area contributed by atoms with Gasteiger partial charge < -0.3 is 4.74 Å². The molecule has 1 N–H and O–H groups in total. The number of hydrogen-bond acceptors (Lipinski definition) is 2. The van der Waals surface area contributed by atoms with Crippen LogP contribution in [0, 0.1) is 3.57 Å². The van der Waals surface area contributed by atoms with E-state index in [9.17, 15) is 4.79 Å². The van der Waals surface area contributed by atoms with Crippen molar-refractivity contribution in [3.63, 3.8) is 0 Å². The zero-order chi connectivity index (χ0) is 13.7. The van der Waals surface area contributed by atoms with Crippen molar-refractivity contribution in [1.82, 2.24) is 0 Å². The highest BCUT2D eigenvalue weighted by atomic mass is 127. The predicted molar refractivity (Wildman–Crippen MR) is 87.1 cm³/mol. The van der Waals surface area contributed by atoms with Gasteiger partial charge in [0.15, 0.2) is 0 Å². The Hall–Kier alpha value is -1.08. The van der Waals surface area contributed by atoms with Gasteiger partial charge in [0.2, 0.25) is 0 Å². The van der Waals surface area contributed by atoms with Gasteiger partial charge in [-0.3, -0.25) is 5.32 Å². The standard InChI is InChI=1S/C14H11BrINO2/c15-11-7-4-8-12(16)13(11)17-14(18)19-9-10-5-2-1-3-6-10/h1-8H,9H2,(H,17,18). The van der Waals surface area contributed by atoms with Crippen LogP contribution in [0.2, 0.25) is 0 Å². The molecule has 98 valence electrons. The van der Waals surface area contributed by atoms with Gasteiger partial charge in [-0.1, -0.05) is 36.4 Å². The van der Waals surface area contributed by atoms with Crippen LogP contribution in [-0.2, 0) is 11.3 Å². The molecule has 0 aromatic heterocycles. The molecule has 0 radical (unpaired) electrons. The predicted octanol–water partition coefficient (Wildman–Crippen LogP) is 4.80. The van der Waals surface area contributed by atoms with Crippen molar-refractivity contribution in [2.24, 2.45) is 0 Å². The number of amides is 1. The maximum absolute atomic E-state index is 11.7. The molecule has 2 aromatic rings. The maximum atomic E-state index is 11.7.